The predicted molar refractivity (Wildman–Crippen MR) is 113 cm³/mol. The fourth-order valence-corrected chi connectivity index (χ4v) is 3.23. The van der Waals surface area contributed by atoms with Crippen LogP contribution in [0.15, 0.2) is 70.1 Å². The molecule has 5 nitrogen and oxygen atoms in total. The first-order valence-corrected chi connectivity index (χ1v) is 9.33. The van der Waals surface area contributed by atoms with Crippen LogP contribution in [0.3, 0.4) is 0 Å². The van der Waals surface area contributed by atoms with E-state index in [1.165, 1.54) is 0 Å². The number of aliphatic hydroxyl groups is 1. The average molecular weight is 470 g/mol. The summed E-state index contributed by atoms with van der Waals surface area (Å²) in [6.45, 7) is -0.0901. The van der Waals surface area contributed by atoms with E-state index in [4.69, 9.17) is 4.42 Å². The summed E-state index contributed by atoms with van der Waals surface area (Å²) >= 11 is 2.26. The fraction of sp³-hybridized carbons (Fsp3) is 0.0476. The molecule has 0 unspecified atom stereocenters. The van der Waals surface area contributed by atoms with Crippen LogP contribution in [0.25, 0.3) is 22.6 Å². The van der Waals surface area contributed by atoms with E-state index in [1.54, 1.807) is 24.4 Å². The molecule has 0 aliphatic rings. The zero-order valence-electron chi connectivity index (χ0n) is 14.1. The van der Waals surface area contributed by atoms with Gasteiger partial charge in [0.2, 0.25) is 5.89 Å². The number of benzene rings is 3. The summed E-state index contributed by atoms with van der Waals surface area (Å²) in [5.74, 6) is 0.678. The fourth-order valence-electron chi connectivity index (χ4n) is 2.69. The molecular formula is C21H15IN2O3. The third kappa shape index (κ3) is 3.86. The largest absolute Gasteiger partial charge is 0.507 e. The van der Waals surface area contributed by atoms with E-state index in [0.29, 0.717) is 33.8 Å². The van der Waals surface area contributed by atoms with Crippen molar-refractivity contribution in [3.05, 3.63) is 75.4 Å². The van der Waals surface area contributed by atoms with Gasteiger partial charge in [0.1, 0.15) is 11.3 Å². The molecular weight excluding hydrogens is 455 g/mol. The standard InChI is InChI=1S/C21H15IN2O3/c22-16-3-1-2-14(9-16)21-24-18-10-17(5-7-20(18)27-21)23-11-15-8-13(12-25)4-6-19(15)26/h1-11,25-26H,12H2/b23-11+. The number of nitrogens with zero attached hydrogens (tertiary/aromatic N) is 2. The highest BCUT2D eigenvalue weighted by atomic mass is 127. The summed E-state index contributed by atoms with van der Waals surface area (Å²) in [7, 11) is 0. The molecule has 2 N–H and O–H groups in total. The number of hydrogen-bond acceptors (Lipinski definition) is 5. The monoisotopic (exact) mass is 470 g/mol. The minimum absolute atomic E-state index is 0.0901. The minimum atomic E-state index is -0.0901. The summed E-state index contributed by atoms with van der Waals surface area (Å²) < 4.78 is 6.96. The number of phenols is 1. The smallest absolute Gasteiger partial charge is 0.227 e. The minimum Gasteiger partial charge on any atom is -0.507 e. The van der Waals surface area contributed by atoms with Gasteiger partial charge >= 0.3 is 0 Å². The number of aromatic nitrogens is 1. The second-order valence-electron chi connectivity index (χ2n) is 5.99. The van der Waals surface area contributed by atoms with Crippen molar-refractivity contribution in [3.63, 3.8) is 0 Å². The molecule has 0 saturated heterocycles. The molecule has 1 aromatic heterocycles. The summed E-state index contributed by atoms with van der Waals surface area (Å²) in [6.07, 6.45) is 1.57. The summed E-state index contributed by atoms with van der Waals surface area (Å²) in [6, 6.07) is 18.4. The molecule has 0 fully saturated rings. The van der Waals surface area contributed by atoms with Crippen LogP contribution in [0, 0.1) is 3.57 Å². The third-order valence-corrected chi connectivity index (χ3v) is 4.74. The second kappa shape index (κ2) is 7.50. The van der Waals surface area contributed by atoms with Crippen molar-refractivity contribution in [2.75, 3.05) is 0 Å². The van der Waals surface area contributed by atoms with Crippen molar-refractivity contribution in [1.82, 2.24) is 4.98 Å². The van der Waals surface area contributed by atoms with Crippen LogP contribution in [-0.4, -0.2) is 21.4 Å². The van der Waals surface area contributed by atoms with Crippen LogP contribution in [-0.2, 0) is 6.61 Å². The van der Waals surface area contributed by atoms with Crippen molar-refractivity contribution in [2.24, 2.45) is 4.99 Å². The number of halogens is 1. The first kappa shape index (κ1) is 17.7. The molecule has 0 bridgehead atoms. The third-order valence-electron chi connectivity index (χ3n) is 4.07. The molecule has 4 rings (SSSR count). The summed E-state index contributed by atoms with van der Waals surface area (Å²) in [5.41, 5.74) is 4.28. The lowest BCUT2D eigenvalue weighted by Gasteiger charge is -2.01. The van der Waals surface area contributed by atoms with Crippen LogP contribution in [0.5, 0.6) is 5.75 Å². The van der Waals surface area contributed by atoms with Gasteiger partial charge in [-0.2, -0.15) is 0 Å². The van der Waals surface area contributed by atoms with E-state index in [1.807, 2.05) is 42.5 Å². The molecule has 0 atom stereocenters. The Morgan fingerprint density at radius 1 is 1.07 bits per heavy atom. The van der Waals surface area contributed by atoms with Gasteiger partial charge in [-0.15, -0.1) is 0 Å². The van der Waals surface area contributed by atoms with Crippen LogP contribution in [0.2, 0.25) is 0 Å². The Labute approximate surface area is 169 Å². The van der Waals surface area contributed by atoms with Gasteiger partial charge in [-0.25, -0.2) is 4.98 Å². The Kier molecular flexibility index (Phi) is 4.91. The van der Waals surface area contributed by atoms with E-state index >= 15 is 0 Å². The number of aromatic hydroxyl groups is 1. The van der Waals surface area contributed by atoms with Crippen LogP contribution in [0.1, 0.15) is 11.1 Å². The Balaban J connectivity index is 1.66. The molecule has 4 aromatic rings. The van der Waals surface area contributed by atoms with Crippen molar-refractivity contribution in [2.45, 2.75) is 6.61 Å². The molecule has 6 heteroatoms. The quantitative estimate of drug-likeness (QED) is 0.323. The molecule has 27 heavy (non-hydrogen) atoms. The van der Waals surface area contributed by atoms with Gasteiger partial charge < -0.3 is 14.6 Å². The Morgan fingerprint density at radius 3 is 2.78 bits per heavy atom. The maximum Gasteiger partial charge on any atom is 0.227 e. The molecule has 0 radical (unpaired) electrons. The Morgan fingerprint density at radius 2 is 1.96 bits per heavy atom. The lowest BCUT2D eigenvalue weighted by Crippen LogP contribution is -1.88. The molecule has 134 valence electrons. The van der Waals surface area contributed by atoms with Gasteiger partial charge in [0.15, 0.2) is 5.58 Å². The van der Waals surface area contributed by atoms with Crippen molar-refractivity contribution >= 4 is 45.6 Å². The lowest BCUT2D eigenvalue weighted by molar-refractivity contribution is 0.281. The van der Waals surface area contributed by atoms with Gasteiger partial charge in [0, 0.05) is 20.9 Å². The van der Waals surface area contributed by atoms with Crippen molar-refractivity contribution < 1.29 is 14.6 Å². The zero-order chi connectivity index (χ0) is 18.8. The number of aliphatic hydroxyl groups excluding tert-OH is 1. The second-order valence-corrected chi connectivity index (χ2v) is 7.24. The average Bonchev–Trinajstić information content (AvgIpc) is 3.11. The Bertz CT molecular complexity index is 1150. The number of oxazole rings is 1. The zero-order valence-corrected chi connectivity index (χ0v) is 16.3. The Hall–Kier alpha value is -2.71. The van der Waals surface area contributed by atoms with Gasteiger partial charge in [0.25, 0.3) is 0 Å². The van der Waals surface area contributed by atoms with E-state index in [-0.39, 0.29) is 12.4 Å². The molecule has 0 aliphatic heterocycles. The highest BCUT2D eigenvalue weighted by Crippen LogP contribution is 2.28. The maximum atomic E-state index is 9.93. The van der Waals surface area contributed by atoms with E-state index in [9.17, 15) is 10.2 Å². The SMILES string of the molecule is OCc1ccc(O)c(/C=N/c2ccc3oc(-c4cccc(I)c4)nc3c2)c1. The van der Waals surface area contributed by atoms with Gasteiger partial charge in [-0.3, -0.25) is 4.99 Å². The van der Waals surface area contributed by atoms with Crippen LogP contribution >= 0.6 is 22.6 Å². The van der Waals surface area contributed by atoms with Gasteiger partial charge in [-0.1, -0.05) is 12.1 Å². The highest BCUT2D eigenvalue weighted by molar-refractivity contribution is 14.1. The molecule has 1 heterocycles. The molecule has 0 aliphatic carbocycles. The van der Waals surface area contributed by atoms with E-state index < -0.39 is 0 Å². The first-order chi connectivity index (χ1) is 13.1. The molecule has 0 spiro atoms. The van der Waals surface area contributed by atoms with Crippen LogP contribution < -0.4 is 0 Å². The number of aliphatic imine (C=N–C) groups is 1. The number of fused-ring (bicyclic) bond motifs is 1. The van der Waals surface area contributed by atoms with Crippen LogP contribution in [0.4, 0.5) is 5.69 Å². The number of rotatable bonds is 4. The first-order valence-electron chi connectivity index (χ1n) is 8.26. The van der Waals surface area contributed by atoms with E-state index in [0.717, 1.165) is 9.13 Å². The topological polar surface area (TPSA) is 78.9 Å². The molecule has 3 aromatic carbocycles. The van der Waals surface area contributed by atoms with Gasteiger partial charge in [-0.05, 0) is 76.7 Å². The molecule has 0 saturated carbocycles. The van der Waals surface area contributed by atoms with Gasteiger partial charge in [0.05, 0.1) is 12.3 Å². The maximum absolute atomic E-state index is 9.93. The normalized spacial score (nSPS) is 11.5. The predicted octanol–water partition coefficient (Wildman–Crippen LogP) is 5.05. The summed E-state index contributed by atoms with van der Waals surface area (Å²) in [4.78, 5) is 8.97. The number of phenolic OH excluding ortho intramolecular Hbond substituents is 1. The summed E-state index contributed by atoms with van der Waals surface area (Å²) in [5, 5.41) is 19.2. The number of hydrogen-bond donors (Lipinski definition) is 2. The van der Waals surface area contributed by atoms with Crippen molar-refractivity contribution in [1.29, 1.82) is 0 Å². The lowest BCUT2D eigenvalue weighted by atomic mass is 10.1. The molecule has 0 amide bonds. The van der Waals surface area contributed by atoms with E-state index in [2.05, 4.69) is 32.6 Å². The van der Waals surface area contributed by atoms with Crippen molar-refractivity contribution in [3.8, 4) is 17.2 Å². The highest BCUT2D eigenvalue weighted by Gasteiger charge is 2.09.